The van der Waals surface area contributed by atoms with Gasteiger partial charge in [-0.25, -0.2) is 4.79 Å². The number of carbonyl (C=O) groups excluding carboxylic acids is 2. The van der Waals surface area contributed by atoms with Crippen LogP contribution in [0.2, 0.25) is 0 Å². The molecule has 2 saturated heterocycles. The molecule has 8 nitrogen and oxygen atoms in total. The molecular weight excluding hydrogens is 489 g/mol. The molecule has 3 amide bonds. The Morgan fingerprint density at radius 2 is 2.14 bits per heavy atom. The topological polar surface area (TPSA) is 98.0 Å². The predicted octanol–water partition coefficient (Wildman–Crippen LogP) is 3.22. The average Bonchev–Trinajstić information content (AvgIpc) is 3.39. The third-order valence-corrected chi connectivity index (χ3v) is 8.82. The Hall–Kier alpha value is -2.40. The summed E-state index contributed by atoms with van der Waals surface area (Å²) < 4.78 is 51.4. The molecule has 0 spiro atoms. The van der Waals surface area contributed by atoms with E-state index in [4.69, 9.17) is 15.2 Å². The van der Waals surface area contributed by atoms with Gasteiger partial charge in [-0.05, 0) is 62.0 Å². The van der Waals surface area contributed by atoms with E-state index in [1.165, 1.54) is 0 Å². The van der Waals surface area contributed by atoms with Crippen LogP contribution in [0, 0.1) is 23.2 Å². The summed E-state index contributed by atoms with van der Waals surface area (Å²) in [5.41, 5.74) is 5.07. The highest BCUT2D eigenvalue weighted by molar-refractivity contribution is 5.86. The van der Waals surface area contributed by atoms with Crippen LogP contribution in [-0.4, -0.2) is 72.3 Å². The van der Waals surface area contributed by atoms with E-state index >= 15 is 0 Å². The minimum atomic E-state index is -4.49. The van der Waals surface area contributed by atoms with Crippen LogP contribution in [0.3, 0.4) is 0 Å². The summed E-state index contributed by atoms with van der Waals surface area (Å²) >= 11 is 0. The lowest BCUT2D eigenvalue weighted by Crippen LogP contribution is -2.49. The molecule has 2 unspecified atom stereocenters. The van der Waals surface area contributed by atoms with Crippen molar-refractivity contribution < 1.29 is 32.2 Å². The number of nitrogens with zero attached hydrogens (tertiary/aromatic N) is 3. The number of primary amides is 1. The largest absolute Gasteiger partial charge is 0.417 e. The average molecular weight is 525 g/mol. The second-order valence-corrected chi connectivity index (χ2v) is 11.0. The normalized spacial score (nSPS) is 31.8. The number of urea groups is 1. The van der Waals surface area contributed by atoms with Gasteiger partial charge in [-0.2, -0.15) is 13.2 Å². The van der Waals surface area contributed by atoms with E-state index in [-0.39, 0.29) is 31.0 Å². The Labute approximate surface area is 214 Å². The van der Waals surface area contributed by atoms with E-state index in [9.17, 15) is 22.8 Å². The monoisotopic (exact) mass is 524 g/mol. The van der Waals surface area contributed by atoms with Gasteiger partial charge in [0.1, 0.15) is 0 Å². The van der Waals surface area contributed by atoms with Gasteiger partial charge in [0, 0.05) is 57.7 Å². The number of nitrogens with two attached hydrogens (primary N) is 1. The van der Waals surface area contributed by atoms with Gasteiger partial charge in [0.05, 0.1) is 23.7 Å². The van der Waals surface area contributed by atoms with Crippen LogP contribution < -0.4 is 5.73 Å². The Bertz CT molecular complexity index is 1040. The van der Waals surface area contributed by atoms with Crippen LogP contribution in [0.4, 0.5) is 18.0 Å². The summed E-state index contributed by atoms with van der Waals surface area (Å²) in [4.78, 5) is 33.4. The molecule has 3 fully saturated rings. The number of rotatable bonds is 5. The molecule has 1 saturated carbocycles. The summed E-state index contributed by atoms with van der Waals surface area (Å²) in [7, 11) is 0. The lowest BCUT2D eigenvalue weighted by Gasteiger charge is -2.37. The fraction of sp³-hybridized carbons (Fsp3) is 0.731. The van der Waals surface area contributed by atoms with E-state index in [1.807, 2.05) is 6.92 Å². The van der Waals surface area contributed by atoms with Crippen LogP contribution >= 0.6 is 0 Å². The van der Waals surface area contributed by atoms with Crippen molar-refractivity contribution >= 4 is 11.9 Å². The number of pyridine rings is 1. The molecule has 5 rings (SSSR count). The fourth-order valence-electron chi connectivity index (χ4n) is 7.11. The summed E-state index contributed by atoms with van der Waals surface area (Å²) in [6, 6.07) is 0.569. The van der Waals surface area contributed by atoms with Gasteiger partial charge in [-0.3, -0.25) is 9.78 Å². The first-order valence-electron chi connectivity index (χ1n) is 13.2. The zero-order valence-corrected chi connectivity index (χ0v) is 21.1. The highest BCUT2D eigenvalue weighted by atomic mass is 19.4. The van der Waals surface area contributed by atoms with Crippen molar-refractivity contribution in [2.75, 3.05) is 39.5 Å². The first-order valence-corrected chi connectivity index (χ1v) is 13.2. The standard InChI is InChI=1S/C26H35F3N4O4/c1-2-37-22-14-36-6-4-17(22)7-16-8-20-13-33(24(30)35)15-25(20,10-16)23(34)32-5-3-21-18(12-32)9-19(11-31-21)26(27,28)29/h9,11,16-17,20,22H,2-8,10,12-15H2,1H3,(H2,30,35)/t16-,17?,20+,22?,25+/m1/s1. The summed E-state index contributed by atoms with van der Waals surface area (Å²) in [5, 5.41) is 0. The van der Waals surface area contributed by atoms with Crippen molar-refractivity contribution in [2.24, 2.45) is 28.9 Å². The molecule has 204 valence electrons. The SMILES string of the molecule is CCOC1COCCC1C[C@@H]1C[C@H]2CN(C(N)=O)C[C@@]2(C(=O)N2CCc3ncc(C(F)(F)F)cc3C2)C1. The third kappa shape index (κ3) is 5.04. The van der Waals surface area contributed by atoms with Crippen LogP contribution in [0.15, 0.2) is 12.3 Å². The van der Waals surface area contributed by atoms with Crippen molar-refractivity contribution in [2.45, 2.75) is 57.9 Å². The van der Waals surface area contributed by atoms with Crippen LogP contribution in [-0.2, 0) is 33.4 Å². The first kappa shape index (κ1) is 26.2. The molecule has 11 heteroatoms. The number of halogens is 3. The van der Waals surface area contributed by atoms with Gasteiger partial charge in [0.2, 0.25) is 5.91 Å². The Balaban J connectivity index is 1.35. The lowest BCUT2D eigenvalue weighted by molar-refractivity contribution is -0.144. The number of fused-ring (bicyclic) bond motifs is 2. The molecule has 4 aliphatic rings. The fourth-order valence-corrected chi connectivity index (χ4v) is 7.11. The van der Waals surface area contributed by atoms with E-state index in [1.54, 1.807) is 9.80 Å². The molecule has 4 heterocycles. The van der Waals surface area contributed by atoms with Gasteiger partial charge in [0.15, 0.2) is 0 Å². The highest BCUT2D eigenvalue weighted by Crippen LogP contribution is 2.54. The molecule has 0 bridgehead atoms. The van der Waals surface area contributed by atoms with Crippen molar-refractivity contribution in [3.8, 4) is 0 Å². The molecule has 37 heavy (non-hydrogen) atoms. The van der Waals surface area contributed by atoms with Crippen LogP contribution in [0.1, 0.15) is 49.4 Å². The van der Waals surface area contributed by atoms with E-state index in [0.717, 1.165) is 31.5 Å². The smallest absolute Gasteiger partial charge is 0.379 e. The van der Waals surface area contributed by atoms with Crippen molar-refractivity contribution in [3.05, 3.63) is 29.1 Å². The number of alkyl halides is 3. The van der Waals surface area contributed by atoms with Crippen LogP contribution in [0.25, 0.3) is 0 Å². The number of ether oxygens (including phenoxy) is 2. The maximum Gasteiger partial charge on any atom is 0.417 e. The first-order chi connectivity index (χ1) is 17.6. The number of hydrogen-bond acceptors (Lipinski definition) is 5. The number of hydrogen-bond donors (Lipinski definition) is 1. The Kier molecular flexibility index (Phi) is 7.12. The number of likely N-dealkylation sites (tertiary alicyclic amines) is 1. The molecule has 2 N–H and O–H groups in total. The molecule has 1 aromatic heterocycles. The number of amides is 3. The van der Waals surface area contributed by atoms with E-state index in [0.29, 0.717) is 68.8 Å². The maximum absolute atomic E-state index is 14.1. The maximum atomic E-state index is 14.1. The highest BCUT2D eigenvalue weighted by Gasteiger charge is 2.59. The van der Waals surface area contributed by atoms with E-state index in [2.05, 4.69) is 4.98 Å². The second kappa shape index (κ2) is 10.1. The predicted molar refractivity (Wildman–Crippen MR) is 127 cm³/mol. The van der Waals surface area contributed by atoms with Gasteiger partial charge in [0.25, 0.3) is 0 Å². The Morgan fingerprint density at radius 1 is 1.32 bits per heavy atom. The molecule has 1 aromatic rings. The van der Waals surface area contributed by atoms with Crippen LogP contribution in [0.5, 0.6) is 0 Å². The molecular formula is C26H35F3N4O4. The number of carbonyl (C=O) groups is 2. The second-order valence-electron chi connectivity index (χ2n) is 11.0. The minimum Gasteiger partial charge on any atom is -0.379 e. The molecule has 5 atom stereocenters. The van der Waals surface area contributed by atoms with Gasteiger partial charge >= 0.3 is 12.2 Å². The van der Waals surface area contributed by atoms with Gasteiger partial charge < -0.3 is 25.0 Å². The zero-order valence-electron chi connectivity index (χ0n) is 21.1. The lowest BCUT2D eigenvalue weighted by atomic mass is 9.78. The molecule has 0 radical (unpaired) electrons. The summed E-state index contributed by atoms with van der Waals surface area (Å²) in [6.45, 7) is 5.05. The molecule has 0 aromatic carbocycles. The van der Waals surface area contributed by atoms with Gasteiger partial charge in [-0.1, -0.05) is 0 Å². The quantitative estimate of drug-likeness (QED) is 0.638. The molecule has 1 aliphatic carbocycles. The third-order valence-electron chi connectivity index (χ3n) is 8.82. The van der Waals surface area contributed by atoms with Crippen molar-refractivity contribution in [3.63, 3.8) is 0 Å². The zero-order chi connectivity index (χ0) is 26.4. The minimum absolute atomic E-state index is 0.0242. The summed E-state index contributed by atoms with van der Waals surface area (Å²) in [5.74, 6) is 0.542. The molecule has 3 aliphatic heterocycles. The van der Waals surface area contributed by atoms with E-state index < -0.39 is 23.2 Å². The van der Waals surface area contributed by atoms with Gasteiger partial charge in [-0.15, -0.1) is 0 Å². The van der Waals surface area contributed by atoms with Crippen molar-refractivity contribution in [1.29, 1.82) is 0 Å². The number of aromatic nitrogens is 1. The van der Waals surface area contributed by atoms with Crippen molar-refractivity contribution in [1.82, 2.24) is 14.8 Å². The Morgan fingerprint density at radius 3 is 2.86 bits per heavy atom. The summed E-state index contributed by atoms with van der Waals surface area (Å²) in [6.07, 6.45) is 0.114.